The molecule has 9 heteroatoms. The van der Waals surface area contributed by atoms with E-state index in [1.54, 1.807) is 20.8 Å². The highest BCUT2D eigenvalue weighted by Crippen LogP contribution is 2.34. The predicted octanol–water partition coefficient (Wildman–Crippen LogP) is 2.72. The molecular formula is C16H22F3NO5. The van der Waals surface area contributed by atoms with Crippen molar-refractivity contribution in [1.82, 2.24) is 5.32 Å². The van der Waals surface area contributed by atoms with Crippen LogP contribution in [0, 0.1) is 0 Å². The van der Waals surface area contributed by atoms with Gasteiger partial charge in [0.15, 0.2) is 0 Å². The number of phenolic OH excluding ortho intramolecular Hbond substituents is 1. The van der Waals surface area contributed by atoms with E-state index in [9.17, 15) is 33.3 Å². The maximum Gasteiger partial charge on any atom is 0.416 e. The highest BCUT2D eigenvalue weighted by Gasteiger charge is 2.32. The number of rotatable bonds is 5. The number of carbonyl (C=O) groups excluding carboxylic acids is 1. The third-order valence-corrected chi connectivity index (χ3v) is 3.08. The predicted molar refractivity (Wildman–Crippen MR) is 82.9 cm³/mol. The molecule has 25 heavy (non-hydrogen) atoms. The molecule has 0 heterocycles. The van der Waals surface area contributed by atoms with Crippen LogP contribution in [0.2, 0.25) is 0 Å². The molecular weight excluding hydrogens is 343 g/mol. The lowest BCUT2D eigenvalue weighted by Crippen LogP contribution is -2.34. The van der Waals surface area contributed by atoms with Crippen molar-refractivity contribution in [3.63, 3.8) is 0 Å². The summed E-state index contributed by atoms with van der Waals surface area (Å²) in [5.41, 5.74) is -2.12. The largest absolute Gasteiger partial charge is 0.508 e. The van der Waals surface area contributed by atoms with Gasteiger partial charge in [-0.05, 0) is 51.0 Å². The number of aliphatic hydroxyl groups is 2. The van der Waals surface area contributed by atoms with Crippen molar-refractivity contribution in [2.45, 2.75) is 51.2 Å². The number of hydrogen-bond donors (Lipinski definition) is 4. The van der Waals surface area contributed by atoms with Crippen LogP contribution in [0.25, 0.3) is 0 Å². The minimum atomic E-state index is -4.70. The molecule has 1 aromatic rings. The van der Waals surface area contributed by atoms with Crippen LogP contribution < -0.4 is 5.32 Å². The molecule has 1 rings (SSSR count). The SMILES string of the molecule is CC(C)(C)OC(=O)NCCC(O)C(O)c1cc(O)cc(C(F)(F)F)c1. The molecule has 142 valence electrons. The monoisotopic (exact) mass is 365 g/mol. The standard InChI is InChI=1S/C16H22F3NO5/c1-15(2,3)25-14(24)20-5-4-12(22)13(23)9-6-10(16(17,18)19)8-11(21)7-9/h6-8,12-13,21-23H,4-5H2,1-3H3,(H,20,24). The van der Waals surface area contributed by atoms with Crippen LogP contribution in [0.15, 0.2) is 18.2 Å². The Morgan fingerprint density at radius 3 is 2.32 bits per heavy atom. The van der Waals surface area contributed by atoms with Gasteiger partial charge in [0.05, 0.1) is 11.7 Å². The topological polar surface area (TPSA) is 99.0 Å². The van der Waals surface area contributed by atoms with Gasteiger partial charge in [-0.3, -0.25) is 0 Å². The van der Waals surface area contributed by atoms with Gasteiger partial charge in [0.1, 0.15) is 17.5 Å². The first kappa shape index (κ1) is 21.0. The lowest BCUT2D eigenvalue weighted by Gasteiger charge is -2.21. The van der Waals surface area contributed by atoms with Gasteiger partial charge in [0.25, 0.3) is 0 Å². The Kier molecular flexibility index (Phi) is 6.67. The molecule has 2 unspecified atom stereocenters. The Balaban J connectivity index is 2.66. The van der Waals surface area contributed by atoms with Crippen molar-refractivity contribution in [3.05, 3.63) is 29.3 Å². The zero-order valence-electron chi connectivity index (χ0n) is 14.1. The molecule has 2 atom stereocenters. The van der Waals surface area contributed by atoms with E-state index in [1.165, 1.54) is 0 Å². The Morgan fingerprint density at radius 1 is 1.20 bits per heavy atom. The normalized spacial score (nSPS) is 14.7. The third kappa shape index (κ3) is 7.18. The van der Waals surface area contributed by atoms with Crippen LogP contribution in [0.5, 0.6) is 5.75 Å². The molecule has 1 amide bonds. The molecule has 1 aromatic carbocycles. The first-order valence-electron chi connectivity index (χ1n) is 7.54. The second-order valence-electron chi connectivity index (χ2n) is 6.54. The first-order chi connectivity index (χ1) is 11.3. The fraction of sp³-hybridized carbons (Fsp3) is 0.562. The number of phenols is 1. The molecule has 0 aliphatic rings. The molecule has 0 aliphatic carbocycles. The zero-order chi connectivity index (χ0) is 19.4. The highest BCUT2D eigenvalue weighted by atomic mass is 19.4. The Morgan fingerprint density at radius 2 is 1.80 bits per heavy atom. The molecule has 0 bridgehead atoms. The summed E-state index contributed by atoms with van der Waals surface area (Å²) < 4.78 is 43.1. The van der Waals surface area contributed by atoms with E-state index in [1.807, 2.05) is 0 Å². The maximum atomic E-state index is 12.7. The third-order valence-electron chi connectivity index (χ3n) is 3.08. The zero-order valence-corrected chi connectivity index (χ0v) is 14.1. The number of alkyl halides is 3. The van der Waals surface area contributed by atoms with Gasteiger partial charge in [-0.2, -0.15) is 13.2 Å². The minimum absolute atomic E-state index is 0.0575. The van der Waals surface area contributed by atoms with E-state index < -0.39 is 41.4 Å². The van der Waals surface area contributed by atoms with Gasteiger partial charge >= 0.3 is 12.3 Å². The molecule has 0 radical (unpaired) electrons. The summed E-state index contributed by atoms with van der Waals surface area (Å²) in [4.78, 5) is 11.4. The summed E-state index contributed by atoms with van der Waals surface area (Å²) >= 11 is 0. The first-order valence-corrected chi connectivity index (χ1v) is 7.54. The molecule has 0 fully saturated rings. The molecule has 0 aromatic heterocycles. The number of alkyl carbamates (subject to hydrolysis) is 1. The van der Waals surface area contributed by atoms with Crippen LogP contribution >= 0.6 is 0 Å². The minimum Gasteiger partial charge on any atom is -0.508 e. The molecule has 0 saturated heterocycles. The molecule has 0 spiro atoms. The van der Waals surface area contributed by atoms with Crippen LogP contribution in [-0.2, 0) is 10.9 Å². The van der Waals surface area contributed by atoms with E-state index in [2.05, 4.69) is 5.32 Å². The number of amides is 1. The van der Waals surface area contributed by atoms with Gasteiger partial charge in [-0.25, -0.2) is 4.79 Å². The number of aromatic hydroxyl groups is 1. The second-order valence-corrected chi connectivity index (χ2v) is 6.54. The Labute approximate surface area is 143 Å². The van der Waals surface area contributed by atoms with E-state index in [4.69, 9.17) is 4.74 Å². The quantitative estimate of drug-likeness (QED) is 0.643. The lowest BCUT2D eigenvalue weighted by atomic mass is 9.99. The van der Waals surface area contributed by atoms with E-state index in [0.29, 0.717) is 12.1 Å². The van der Waals surface area contributed by atoms with Crippen LogP contribution in [0.4, 0.5) is 18.0 Å². The van der Waals surface area contributed by atoms with E-state index >= 15 is 0 Å². The highest BCUT2D eigenvalue weighted by molar-refractivity contribution is 5.67. The van der Waals surface area contributed by atoms with Gasteiger partial charge in [0, 0.05) is 6.54 Å². The van der Waals surface area contributed by atoms with Gasteiger partial charge in [-0.1, -0.05) is 0 Å². The van der Waals surface area contributed by atoms with Crippen molar-refractivity contribution in [1.29, 1.82) is 0 Å². The number of benzene rings is 1. The van der Waals surface area contributed by atoms with Gasteiger partial charge < -0.3 is 25.4 Å². The van der Waals surface area contributed by atoms with Gasteiger partial charge in [0.2, 0.25) is 0 Å². The van der Waals surface area contributed by atoms with Crippen LogP contribution in [0.3, 0.4) is 0 Å². The number of nitrogens with one attached hydrogen (secondary N) is 1. The summed E-state index contributed by atoms with van der Waals surface area (Å²) in [5.74, 6) is -0.678. The average molecular weight is 365 g/mol. The number of hydrogen-bond acceptors (Lipinski definition) is 5. The molecule has 6 nitrogen and oxygen atoms in total. The van der Waals surface area contributed by atoms with Crippen LogP contribution in [0.1, 0.15) is 44.4 Å². The number of aliphatic hydroxyl groups excluding tert-OH is 2. The fourth-order valence-electron chi connectivity index (χ4n) is 1.99. The lowest BCUT2D eigenvalue weighted by molar-refractivity contribution is -0.137. The average Bonchev–Trinajstić information content (AvgIpc) is 2.42. The summed E-state index contributed by atoms with van der Waals surface area (Å²) in [6, 6.07) is 2.10. The fourth-order valence-corrected chi connectivity index (χ4v) is 1.99. The maximum absolute atomic E-state index is 12.7. The molecule has 4 N–H and O–H groups in total. The Bertz CT molecular complexity index is 598. The summed E-state index contributed by atoms with van der Waals surface area (Å²) in [6.07, 6.45) is -8.65. The van der Waals surface area contributed by atoms with E-state index in [0.717, 1.165) is 6.07 Å². The van der Waals surface area contributed by atoms with E-state index in [-0.39, 0.29) is 18.5 Å². The summed E-state index contributed by atoms with van der Waals surface area (Å²) in [6.45, 7) is 4.96. The Hall–Kier alpha value is -2.00. The van der Waals surface area contributed by atoms with Crippen molar-refractivity contribution in [2.75, 3.05) is 6.54 Å². The number of carbonyl (C=O) groups is 1. The van der Waals surface area contributed by atoms with Crippen LogP contribution in [-0.4, -0.2) is 39.7 Å². The van der Waals surface area contributed by atoms with Crippen molar-refractivity contribution >= 4 is 6.09 Å². The smallest absolute Gasteiger partial charge is 0.416 e. The number of ether oxygens (including phenoxy) is 1. The second kappa shape index (κ2) is 7.92. The molecule has 0 aliphatic heterocycles. The number of halogens is 3. The van der Waals surface area contributed by atoms with Gasteiger partial charge in [-0.15, -0.1) is 0 Å². The molecule has 0 saturated carbocycles. The van der Waals surface area contributed by atoms with Crippen molar-refractivity contribution in [2.24, 2.45) is 0 Å². The summed E-state index contributed by atoms with van der Waals surface area (Å²) in [5, 5.41) is 31.6. The van der Waals surface area contributed by atoms with Crippen molar-refractivity contribution < 1.29 is 38.0 Å². The summed E-state index contributed by atoms with van der Waals surface area (Å²) in [7, 11) is 0. The van der Waals surface area contributed by atoms with Crippen molar-refractivity contribution in [3.8, 4) is 5.75 Å².